The largest absolute Gasteiger partial charge is 0.356 e. The van der Waals surface area contributed by atoms with Crippen LogP contribution in [-0.4, -0.2) is 10.9 Å². The number of nitrogens with zero attached hydrogens (tertiary/aromatic N) is 1. The van der Waals surface area contributed by atoms with E-state index in [0.29, 0.717) is 17.7 Å². The van der Waals surface area contributed by atoms with Gasteiger partial charge in [-0.2, -0.15) is 0 Å². The molecule has 1 heterocycles. The molecule has 18 heavy (non-hydrogen) atoms. The van der Waals surface area contributed by atoms with Crippen molar-refractivity contribution in [3.05, 3.63) is 42.1 Å². The van der Waals surface area contributed by atoms with Gasteiger partial charge in [-0.15, -0.1) is 0 Å². The number of hydrogen-bond acceptors (Lipinski definition) is 3. The Balaban J connectivity index is 2.32. The summed E-state index contributed by atoms with van der Waals surface area (Å²) in [5.41, 5.74) is 1.41. The molecule has 2 rings (SSSR count). The van der Waals surface area contributed by atoms with E-state index in [2.05, 4.69) is 5.16 Å². The molecule has 94 valence electrons. The molecule has 0 saturated carbocycles. The highest BCUT2D eigenvalue weighted by molar-refractivity contribution is 6.01. The molecule has 3 heteroatoms. The minimum atomic E-state index is -0.0394. The Labute approximate surface area is 107 Å². The molecule has 0 spiro atoms. The van der Waals surface area contributed by atoms with Gasteiger partial charge in [-0.25, -0.2) is 0 Å². The van der Waals surface area contributed by atoms with Crippen LogP contribution in [0.1, 0.15) is 37.6 Å². The lowest BCUT2D eigenvalue weighted by atomic mass is 9.87. The Morgan fingerprint density at radius 2 is 1.89 bits per heavy atom. The quantitative estimate of drug-likeness (QED) is 0.766. The fourth-order valence-corrected chi connectivity index (χ4v) is 1.81. The summed E-state index contributed by atoms with van der Waals surface area (Å²) in [6.07, 6.45) is 1.99. The topological polar surface area (TPSA) is 43.1 Å². The highest BCUT2D eigenvalue weighted by Gasteiger charge is 2.22. The summed E-state index contributed by atoms with van der Waals surface area (Å²) in [5, 5.41) is 3.75. The van der Waals surface area contributed by atoms with Gasteiger partial charge in [0.25, 0.3) is 0 Å². The molecule has 0 amide bonds. The third-order valence-corrected chi connectivity index (χ3v) is 2.60. The molecule has 0 bridgehead atoms. The fraction of sp³-hybridized carbons (Fsp3) is 0.333. The molecule has 0 saturated heterocycles. The van der Waals surface area contributed by atoms with Crippen molar-refractivity contribution in [2.24, 2.45) is 5.41 Å². The van der Waals surface area contributed by atoms with E-state index >= 15 is 0 Å². The van der Waals surface area contributed by atoms with E-state index in [0.717, 1.165) is 5.56 Å². The predicted molar refractivity (Wildman–Crippen MR) is 70.3 cm³/mol. The second-order valence-corrected chi connectivity index (χ2v) is 5.60. The lowest BCUT2D eigenvalue weighted by Gasteiger charge is -2.16. The number of carbonyl (C=O) groups is 1. The van der Waals surface area contributed by atoms with Crippen molar-refractivity contribution >= 4 is 5.78 Å². The number of hydrogen-bond donors (Lipinski definition) is 0. The number of carbonyl (C=O) groups excluding carboxylic acids is 1. The molecule has 3 nitrogen and oxygen atoms in total. The van der Waals surface area contributed by atoms with Gasteiger partial charge in [0.1, 0.15) is 0 Å². The van der Waals surface area contributed by atoms with Gasteiger partial charge >= 0.3 is 0 Å². The molecule has 0 radical (unpaired) electrons. The van der Waals surface area contributed by atoms with Crippen LogP contribution >= 0.6 is 0 Å². The molecule has 0 N–H and O–H groups in total. The second-order valence-electron chi connectivity index (χ2n) is 5.60. The molecule has 1 aromatic carbocycles. The van der Waals surface area contributed by atoms with Gasteiger partial charge in [0, 0.05) is 12.0 Å². The van der Waals surface area contributed by atoms with Crippen LogP contribution in [0, 0.1) is 5.41 Å². The number of Topliss-reactive ketones (excluding diaryl/α,β-unsaturated/α-hetero) is 1. The van der Waals surface area contributed by atoms with E-state index in [4.69, 9.17) is 4.52 Å². The average molecular weight is 243 g/mol. The third kappa shape index (κ3) is 2.86. The Morgan fingerprint density at radius 3 is 2.50 bits per heavy atom. The van der Waals surface area contributed by atoms with Gasteiger partial charge in [0.15, 0.2) is 11.5 Å². The Hall–Kier alpha value is -1.90. The van der Waals surface area contributed by atoms with Crippen LogP contribution in [0.15, 0.2) is 41.1 Å². The normalized spacial score (nSPS) is 11.5. The van der Waals surface area contributed by atoms with Crippen LogP contribution in [0.2, 0.25) is 0 Å². The van der Waals surface area contributed by atoms with Gasteiger partial charge in [-0.1, -0.05) is 56.3 Å². The number of aromatic nitrogens is 1. The summed E-state index contributed by atoms with van der Waals surface area (Å²) in [7, 11) is 0. The average Bonchev–Trinajstić information content (AvgIpc) is 2.76. The zero-order valence-electron chi connectivity index (χ0n) is 10.9. The monoisotopic (exact) mass is 243 g/mol. The molecule has 0 aliphatic heterocycles. The van der Waals surface area contributed by atoms with E-state index in [9.17, 15) is 4.79 Å². The molecule has 0 aliphatic rings. The summed E-state index contributed by atoms with van der Waals surface area (Å²) in [4.78, 5) is 12.2. The zero-order valence-corrected chi connectivity index (χ0v) is 10.9. The van der Waals surface area contributed by atoms with E-state index < -0.39 is 0 Å². The van der Waals surface area contributed by atoms with E-state index in [1.807, 2.05) is 51.1 Å². The lowest BCUT2D eigenvalue weighted by molar-refractivity contribution is 0.0940. The van der Waals surface area contributed by atoms with Crippen LogP contribution in [0.4, 0.5) is 0 Å². The first-order valence-corrected chi connectivity index (χ1v) is 6.01. The molecule has 0 fully saturated rings. The third-order valence-electron chi connectivity index (χ3n) is 2.60. The number of rotatable bonds is 3. The van der Waals surface area contributed by atoms with Crippen molar-refractivity contribution in [1.82, 2.24) is 5.16 Å². The van der Waals surface area contributed by atoms with Crippen molar-refractivity contribution in [1.29, 1.82) is 0 Å². The molecular formula is C15H17NO2. The van der Waals surface area contributed by atoms with Gasteiger partial charge in [-0.3, -0.25) is 4.79 Å². The predicted octanol–water partition coefficient (Wildman–Crippen LogP) is 3.96. The summed E-state index contributed by atoms with van der Waals surface area (Å²) >= 11 is 0. The maximum absolute atomic E-state index is 12.2. The minimum absolute atomic E-state index is 0.0394. The van der Waals surface area contributed by atoms with Gasteiger partial charge in [0.05, 0.1) is 11.8 Å². The van der Waals surface area contributed by atoms with Gasteiger partial charge in [-0.05, 0) is 5.41 Å². The molecular weight excluding hydrogens is 226 g/mol. The minimum Gasteiger partial charge on any atom is -0.356 e. The number of ketones is 1. The molecule has 2 aromatic rings. The molecule has 0 unspecified atom stereocenters. The van der Waals surface area contributed by atoms with Crippen molar-refractivity contribution in [3.8, 4) is 11.3 Å². The van der Waals surface area contributed by atoms with E-state index in [-0.39, 0.29) is 11.2 Å². The van der Waals surface area contributed by atoms with Crippen molar-refractivity contribution in [2.75, 3.05) is 0 Å². The van der Waals surface area contributed by atoms with Crippen LogP contribution < -0.4 is 0 Å². The summed E-state index contributed by atoms with van der Waals surface area (Å²) in [5.74, 6) is 0.632. The van der Waals surface area contributed by atoms with Crippen molar-refractivity contribution < 1.29 is 9.32 Å². The Bertz CT molecular complexity index is 535. The maximum atomic E-state index is 12.2. The molecule has 0 atom stereocenters. The highest BCUT2D eigenvalue weighted by Crippen LogP contribution is 2.28. The second kappa shape index (κ2) is 4.77. The summed E-state index contributed by atoms with van der Waals surface area (Å²) < 4.78 is 5.22. The summed E-state index contributed by atoms with van der Waals surface area (Å²) in [6.45, 7) is 6.13. The van der Waals surface area contributed by atoms with Crippen LogP contribution in [0.3, 0.4) is 0 Å². The first-order valence-electron chi connectivity index (χ1n) is 6.01. The highest BCUT2D eigenvalue weighted by atomic mass is 16.5. The van der Waals surface area contributed by atoms with Crippen molar-refractivity contribution in [3.63, 3.8) is 0 Å². The number of benzene rings is 1. The first-order chi connectivity index (χ1) is 8.47. The van der Waals surface area contributed by atoms with Crippen LogP contribution in [0.5, 0.6) is 0 Å². The maximum Gasteiger partial charge on any atom is 0.177 e. The lowest BCUT2D eigenvalue weighted by Crippen LogP contribution is -2.13. The fourth-order valence-electron chi connectivity index (χ4n) is 1.81. The Kier molecular flexibility index (Phi) is 3.32. The smallest absolute Gasteiger partial charge is 0.177 e. The van der Waals surface area contributed by atoms with Gasteiger partial charge < -0.3 is 4.52 Å². The molecule has 0 aliphatic carbocycles. The Morgan fingerprint density at radius 1 is 1.22 bits per heavy atom. The molecule has 1 aromatic heterocycles. The standard InChI is InChI=1S/C15H17NO2/c1-15(2,3)9-13(17)12-10-16-18-14(12)11-7-5-4-6-8-11/h4-8,10H,9H2,1-3H3. The van der Waals surface area contributed by atoms with Crippen molar-refractivity contribution in [2.45, 2.75) is 27.2 Å². The van der Waals surface area contributed by atoms with E-state index in [1.54, 1.807) is 0 Å². The SMILES string of the molecule is CC(C)(C)CC(=O)c1cnoc1-c1ccccc1. The van der Waals surface area contributed by atoms with Crippen LogP contribution in [-0.2, 0) is 0 Å². The zero-order chi connectivity index (χ0) is 13.2. The first kappa shape index (κ1) is 12.6. The van der Waals surface area contributed by atoms with Crippen LogP contribution in [0.25, 0.3) is 11.3 Å². The van der Waals surface area contributed by atoms with Gasteiger partial charge in [0.2, 0.25) is 0 Å². The summed E-state index contributed by atoms with van der Waals surface area (Å²) in [6, 6.07) is 9.57. The van der Waals surface area contributed by atoms with E-state index in [1.165, 1.54) is 6.20 Å².